The summed E-state index contributed by atoms with van der Waals surface area (Å²) in [6, 6.07) is 16.1. The second-order valence-electron chi connectivity index (χ2n) is 6.09. The molecule has 0 spiro atoms. The first-order chi connectivity index (χ1) is 12.7. The molecule has 0 saturated carbocycles. The van der Waals surface area contributed by atoms with Gasteiger partial charge in [0.05, 0.1) is 18.1 Å². The molecule has 26 heavy (non-hydrogen) atoms. The fourth-order valence-corrected chi connectivity index (χ4v) is 2.97. The SMILES string of the molecule is CN=C(NCCc1nc2ccccc2[nH]1)N(C)Cc1ccccc1OC. The monoisotopic (exact) mass is 351 g/mol. The highest BCUT2D eigenvalue weighted by Gasteiger charge is 2.10. The number of imidazole rings is 1. The van der Waals surface area contributed by atoms with Gasteiger partial charge in [0.2, 0.25) is 0 Å². The van der Waals surface area contributed by atoms with Gasteiger partial charge in [-0.15, -0.1) is 0 Å². The number of H-pyrrole nitrogens is 1. The molecule has 0 aliphatic rings. The zero-order chi connectivity index (χ0) is 18.4. The van der Waals surface area contributed by atoms with Crippen molar-refractivity contribution in [1.29, 1.82) is 0 Å². The summed E-state index contributed by atoms with van der Waals surface area (Å²) in [4.78, 5) is 14.4. The first kappa shape index (κ1) is 17.8. The molecule has 1 heterocycles. The van der Waals surface area contributed by atoms with Crippen molar-refractivity contribution < 1.29 is 4.74 Å². The smallest absolute Gasteiger partial charge is 0.193 e. The van der Waals surface area contributed by atoms with E-state index in [-0.39, 0.29) is 0 Å². The molecule has 0 fully saturated rings. The number of fused-ring (bicyclic) bond motifs is 1. The average molecular weight is 351 g/mol. The van der Waals surface area contributed by atoms with Crippen molar-refractivity contribution in [3.63, 3.8) is 0 Å². The number of benzene rings is 2. The van der Waals surface area contributed by atoms with Gasteiger partial charge in [0.1, 0.15) is 11.6 Å². The first-order valence-electron chi connectivity index (χ1n) is 8.68. The average Bonchev–Trinajstić information content (AvgIpc) is 3.08. The number of rotatable bonds is 6. The Labute approximate surface area is 153 Å². The van der Waals surface area contributed by atoms with Gasteiger partial charge < -0.3 is 19.9 Å². The number of methoxy groups -OCH3 is 1. The van der Waals surface area contributed by atoms with Gasteiger partial charge in [-0.05, 0) is 18.2 Å². The third-order valence-electron chi connectivity index (χ3n) is 4.26. The molecule has 0 aliphatic heterocycles. The molecule has 2 N–H and O–H groups in total. The lowest BCUT2D eigenvalue weighted by atomic mass is 10.2. The molecule has 3 aromatic rings. The number of hydrogen-bond donors (Lipinski definition) is 2. The van der Waals surface area contributed by atoms with Crippen molar-refractivity contribution in [2.24, 2.45) is 4.99 Å². The van der Waals surface area contributed by atoms with Crippen molar-refractivity contribution in [3.05, 3.63) is 59.9 Å². The summed E-state index contributed by atoms with van der Waals surface area (Å²) >= 11 is 0. The van der Waals surface area contributed by atoms with Crippen LogP contribution in [0, 0.1) is 0 Å². The van der Waals surface area contributed by atoms with Gasteiger partial charge in [0, 0.05) is 39.2 Å². The molecule has 0 saturated heterocycles. The lowest BCUT2D eigenvalue weighted by Gasteiger charge is -2.23. The maximum atomic E-state index is 5.43. The number of nitrogens with zero attached hydrogens (tertiary/aromatic N) is 3. The second kappa shape index (κ2) is 8.38. The van der Waals surface area contributed by atoms with Gasteiger partial charge in [-0.1, -0.05) is 30.3 Å². The molecule has 6 heteroatoms. The molecule has 0 aliphatic carbocycles. The number of nitrogens with one attached hydrogen (secondary N) is 2. The van der Waals surface area contributed by atoms with Crippen molar-refractivity contribution in [1.82, 2.24) is 20.2 Å². The van der Waals surface area contributed by atoms with Gasteiger partial charge in [0.15, 0.2) is 5.96 Å². The number of aliphatic imine (C=N–C) groups is 1. The van der Waals surface area contributed by atoms with Gasteiger partial charge >= 0.3 is 0 Å². The van der Waals surface area contributed by atoms with Crippen LogP contribution in [0.2, 0.25) is 0 Å². The Kier molecular flexibility index (Phi) is 5.73. The van der Waals surface area contributed by atoms with Crippen LogP contribution in [0.1, 0.15) is 11.4 Å². The highest BCUT2D eigenvalue weighted by atomic mass is 16.5. The molecule has 0 amide bonds. The largest absolute Gasteiger partial charge is 0.496 e. The minimum atomic E-state index is 0.717. The molecule has 0 radical (unpaired) electrons. The van der Waals surface area contributed by atoms with Crippen molar-refractivity contribution in [3.8, 4) is 5.75 Å². The Bertz CT molecular complexity index is 854. The molecule has 3 rings (SSSR count). The van der Waals surface area contributed by atoms with Gasteiger partial charge in [0.25, 0.3) is 0 Å². The normalized spacial score (nSPS) is 11.6. The van der Waals surface area contributed by atoms with Gasteiger partial charge in [-0.3, -0.25) is 4.99 Å². The Morgan fingerprint density at radius 2 is 1.96 bits per heavy atom. The maximum Gasteiger partial charge on any atom is 0.193 e. The van der Waals surface area contributed by atoms with Crippen molar-refractivity contribution >= 4 is 17.0 Å². The quantitative estimate of drug-likeness (QED) is 0.529. The van der Waals surface area contributed by atoms with Crippen LogP contribution < -0.4 is 10.1 Å². The number of hydrogen-bond acceptors (Lipinski definition) is 3. The Hall–Kier alpha value is -3.02. The van der Waals surface area contributed by atoms with Crippen LogP contribution in [0.4, 0.5) is 0 Å². The third-order valence-corrected chi connectivity index (χ3v) is 4.26. The molecule has 136 valence electrons. The predicted molar refractivity (Wildman–Crippen MR) is 106 cm³/mol. The number of aromatic nitrogens is 2. The zero-order valence-corrected chi connectivity index (χ0v) is 15.5. The Balaban J connectivity index is 1.57. The number of guanidine groups is 1. The molecule has 2 aromatic carbocycles. The van der Waals surface area contributed by atoms with Crippen LogP contribution in [0.25, 0.3) is 11.0 Å². The molecule has 0 bridgehead atoms. The summed E-state index contributed by atoms with van der Waals surface area (Å²) in [6.07, 6.45) is 0.802. The summed E-state index contributed by atoms with van der Waals surface area (Å²) in [5, 5.41) is 3.39. The van der Waals surface area contributed by atoms with Crippen LogP contribution in [0.5, 0.6) is 5.75 Å². The molecular weight excluding hydrogens is 326 g/mol. The minimum absolute atomic E-state index is 0.717. The van der Waals surface area contributed by atoms with Crippen molar-refractivity contribution in [2.75, 3.05) is 27.7 Å². The summed E-state index contributed by atoms with van der Waals surface area (Å²) < 4.78 is 5.43. The van der Waals surface area contributed by atoms with E-state index >= 15 is 0 Å². The van der Waals surface area contributed by atoms with E-state index in [1.807, 2.05) is 49.5 Å². The zero-order valence-electron chi connectivity index (χ0n) is 15.5. The highest BCUT2D eigenvalue weighted by Crippen LogP contribution is 2.18. The van der Waals surface area contributed by atoms with Crippen LogP contribution in [-0.2, 0) is 13.0 Å². The topological polar surface area (TPSA) is 65.5 Å². The minimum Gasteiger partial charge on any atom is -0.496 e. The van der Waals surface area contributed by atoms with E-state index in [2.05, 4.69) is 31.2 Å². The molecule has 0 unspecified atom stereocenters. The highest BCUT2D eigenvalue weighted by molar-refractivity contribution is 5.79. The standard InChI is InChI=1S/C20H25N5O/c1-21-20(25(2)14-15-8-4-7-11-18(15)26-3)22-13-12-19-23-16-9-5-6-10-17(16)24-19/h4-11H,12-14H2,1-3H3,(H,21,22)(H,23,24). The number of aromatic amines is 1. The number of para-hydroxylation sites is 3. The molecule has 0 atom stereocenters. The molecule has 1 aromatic heterocycles. The fourth-order valence-electron chi connectivity index (χ4n) is 2.97. The van der Waals surface area contributed by atoms with E-state index in [1.165, 1.54) is 0 Å². The fraction of sp³-hybridized carbons (Fsp3) is 0.300. The van der Waals surface area contributed by atoms with E-state index < -0.39 is 0 Å². The van der Waals surface area contributed by atoms with E-state index in [9.17, 15) is 0 Å². The van der Waals surface area contributed by atoms with Crippen LogP contribution in [0.15, 0.2) is 53.5 Å². The van der Waals surface area contributed by atoms with Gasteiger partial charge in [-0.25, -0.2) is 4.98 Å². The van der Waals surface area contributed by atoms with Crippen LogP contribution >= 0.6 is 0 Å². The van der Waals surface area contributed by atoms with E-state index in [0.717, 1.165) is 47.1 Å². The van der Waals surface area contributed by atoms with Crippen molar-refractivity contribution in [2.45, 2.75) is 13.0 Å². The lowest BCUT2D eigenvalue weighted by Crippen LogP contribution is -2.39. The van der Waals surface area contributed by atoms with E-state index in [0.29, 0.717) is 6.54 Å². The Morgan fingerprint density at radius 3 is 2.73 bits per heavy atom. The van der Waals surface area contributed by atoms with E-state index in [4.69, 9.17) is 4.74 Å². The summed E-state index contributed by atoms with van der Waals surface area (Å²) in [7, 11) is 5.50. The lowest BCUT2D eigenvalue weighted by molar-refractivity contribution is 0.396. The number of ether oxygens (including phenoxy) is 1. The third kappa shape index (κ3) is 4.14. The summed E-state index contributed by atoms with van der Waals surface area (Å²) in [6.45, 7) is 1.47. The van der Waals surface area contributed by atoms with Crippen LogP contribution in [-0.4, -0.2) is 48.6 Å². The second-order valence-corrected chi connectivity index (χ2v) is 6.09. The first-order valence-corrected chi connectivity index (χ1v) is 8.68. The predicted octanol–water partition coefficient (Wildman–Crippen LogP) is 2.82. The summed E-state index contributed by atoms with van der Waals surface area (Å²) in [5.74, 6) is 2.70. The van der Waals surface area contributed by atoms with E-state index in [1.54, 1.807) is 14.2 Å². The molecular formula is C20H25N5O. The Morgan fingerprint density at radius 1 is 1.19 bits per heavy atom. The molecule has 6 nitrogen and oxygen atoms in total. The van der Waals surface area contributed by atoms with Gasteiger partial charge in [-0.2, -0.15) is 0 Å². The maximum absolute atomic E-state index is 5.43. The summed E-state index contributed by atoms with van der Waals surface area (Å²) in [5.41, 5.74) is 3.19. The van der Waals surface area contributed by atoms with Crippen LogP contribution in [0.3, 0.4) is 0 Å².